The molecule has 0 unspecified atom stereocenters. The molecule has 0 aliphatic carbocycles. The van der Waals surface area contributed by atoms with E-state index in [0.29, 0.717) is 11.6 Å². The predicted molar refractivity (Wildman–Crippen MR) is 86.6 cm³/mol. The zero-order chi connectivity index (χ0) is 14.1. The molecular formula is C14H10Br2N4. The van der Waals surface area contributed by atoms with Crippen molar-refractivity contribution in [1.82, 2.24) is 14.8 Å². The van der Waals surface area contributed by atoms with Crippen LogP contribution in [0.2, 0.25) is 0 Å². The average Bonchev–Trinajstić information content (AvgIpc) is 2.82. The molecule has 6 heteroatoms. The molecule has 0 spiro atoms. The predicted octanol–water partition coefficient (Wildman–Crippen LogP) is 4.04. The van der Waals surface area contributed by atoms with E-state index in [0.717, 1.165) is 20.2 Å². The third kappa shape index (κ3) is 2.62. The molecule has 0 saturated carbocycles. The lowest BCUT2D eigenvalue weighted by Gasteiger charge is -2.02. The van der Waals surface area contributed by atoms with Gasteiger partial charge in [-0.25, -0.2) is 4.98 Å². The third-order valence-corrected chi connectivity index (χ3v) is 3.75. The van der Waals surface area contributed by atoms with E-state index >= 15 is 0 Å². The molecule has 4 nitrogen and oxygen atoms in total. The molecule has 0 fully saturated rings. The second kappa shape index (κ2) is 5.38. The van der Waals surface area contributed by atoms with Crippen LogP contribution in [0.4, 0.5) is 5.82 Å². The van der Waals surface area contributed by atoms with Gasteiger partial charge in [-0.3, -0.25) is 0 Å². The Kier molecular flexibility index (Phi) is 3.58. The van der Waals surface area contributed by atoms with Crippen LogP contribution in [0.1, 0.15) is 0 Å². The molecule has 0 atom stereocenters. The first-order valence-corrected chi connectivity index (χ1v) is 7.45. The second-order valence-electron chi connectivity index (χ2n) is 4.21. The Morgan fingerprint density at radius 2 is 1.85 bits per heavy atom. The number of pyridine rings is 1. The van der Waals surface area contributed by atoms with Gasteiger partial charge in [-0.2, -0.15) is 9.78 Å². The summed E-state index contributed by atoms with van der Waals surface area (Å²) in [5.41, 5.74) is 7.84. The molecule has 100 valence electrons. The highest BCUT2D eigenvalue weighted by Crippen LogP contribution is 2.25. The Morgan fingerprint density at radius 3 is 2.55 bits per heavy atom. The summed E-state index contributed by atoms with van der Waals surface area (Å²) in [5.74, 6) is 1.24. The summed E-state index contributed by atoms with van der Waals surface area (Å²) in [6.07, 6.45) is 1.72. The van der Waals surface area contributed by atoms with Gasteiger partial charge >= 0.3 is 0 Å². The molecule has 0 radical (unpaired) electrons. The van der Waals surface area contributed by atoms with Gasteiger partial charge in [0, 0.05) is 26.8 Å². The van der Waals surface area contributed by atoms with Crippen LogP contribution in [-0.2, 0) is 0 Å². The standard InChI is InChI=1S/C14H10Br2N4/c15-10-3-1-2-9(6-10)12-7-13(17)20(19-12)14-5-4-11(16)8-18-14/h1-8H,17H2. The summed E-state index contributed by atoms with van der Waals surface area (Å²) in [5, 5.41) is 4.51. The van der Waals surface area contributed by atoms with E-state index in [4.69, 9.17) is 5.73 Å². The van der Waals surface area contributed by atoms with Crippen LogP contribution >= 0.6 is 31.9 Å². The Hall–Kier alpha value is -1.66. The maximum atomic E-state index is 6.02. The van der Waals surface area contributed by atoms with Crippen LogP contribution in [0.25, 0.3) is 17.1 Å². The Morgan fingerprint density at radius 1 is 1.00 bits per heavy atom. The minimum atomic E-state index is 0.551. The van der Waals surface area contributed by atoms with E-state index in [1.165, 1.54) is 0 Å². The van der Waals surface area contributed by atoms with Gasteiger partial charge in [0.05, 0.1) is 5.69 Å². The Balaban J connectivity index is 2.05. The molecule has 2 aromatic heterocycles. The van der Waals surface area contributed by atoms with E-state index in [9.17, 15) is 0 Å². The summed E-state index contributed by atoms with van der Waals surface area (Å²) in [6, 6.07) is 13.5. The molecule has 0 aliphatic heterocycles. The maximum absolute atomic E-state index is 6.02. The zero-order valence-corrected chi connectivity index (χ0v) is 13.5. The molecule has 0 bridgehead atoms. The first-order chi connectivity index (χ1) is 9.63. The first kappa shape index (κ1) is 13.3. The van der Waals surface area contributed by atoms with Crippen LogP contribution in [0.15, 0.2) is 57.6 Å². The number of anilines is 1. The lowest BCUT2D eigenvalue weighted by Crippen LogP contribution is -2.03. The van der Waals surface area contributed by atoms with Gasteiger partial charge in [-0.1, -0.05) is 28.1 Å². The number of hydrogen-bond donors (Lipinski definition) is 1. The van der Waals surface area contributed by atoms with Crippen molar-refractivity contribution in [3.8, 4) is 17.1 Å². The van der Waals surface area contributed by atoms with Gasteiger partial charge in [0.2, 0.25) is 0 Å². The summed E-state index contributed by atoms with van der Waals surface area (Å²) in [4.78, 5) is 4.30. The van der Waals surface area contributed by atoms with E-state index in [-0.39, 0.29) is 0 Å². The first-order valence-electron chi connectivity index (χ1n) is 5.87. The van der Waals surface area contributed by atoms with Crippen LogP contribution < -0.4 is 5.73 Å². The van der Waals surface area contributed by atoms with Crippen molar-refractivity contribution in [3.05, 3.63) is 57.6 Å². The number of benzene rings is 1. The number of nitrogens with zero attached hydrogens (tertiary/aromatic N) is 3. The highest BCUT2D eigenvalue weighted by Gasteiger charge is 2.09. The molecule has 2 heterocycles. The van der Waals surface area contributed by atoms with Crippen molar-refractivity contribution in [2.45, 2.75) is 0 Å². The highest BCUT2D eigenvalue weighted by atomic mass is 79.9. The summed E-state index contributed by atoms with van der Waals surface area (Å²) in [6.45, 7) is 0. The molecular weight excluding hydrogens is 384 g/mol. The molecule has 0 amide bonds. The molecule has 1 aromatic carbocycles. The summed E-state index contributed by atoms with van der Waals surface area (Å²) >= 11 is 6.81. The van der Waals surface area contributed by atoms with Crippen molar-refractivity contribution in [2.75, 3.05) is 5.73 Å². The van der Waals surface area contributed by atoms with Crippen molar-refractivity contribution in [2.24, 2.45) is 0 Å². The largest absolute Gasteiger partial charge is 0.384 e. The summed E-state index contributed by atoms with van der Waals surface area (Å²) in [7, 11) is 0. The van der Waals surface area contributed by atoms with Crippen molar-refractivity contribution in [3.63, 3.8) is 0 Å². The smallest absolute Gasteiger partial charge is 0.155 e. The van der Waals surface area contributed by atoms with E-state index in [1.54, 1.807) is 10.9 Å². The number of rotatable bonds is 2. The van der Waals surface area contributed by atoms with E-state index < -0.39 is 0 Å². The number of hydrogen-bond acceptors (Lipinski definition) is 3. The van der Waals surface area contributed by atoms with Crippen molar-refractivity contribution in [1.29, 1.82) is 0 Å². The topological polar surface area (TPSA) is 56.7 Å². The van der Waals surface area contributed by atoms with Crippen LogP contribution in [-0.4, -0.2) is 14.8 Å². The normalized spacial score (nSPS) is 10.7. The van der Waals surface area contributed by atoms with Gasteiger partial charge < -0.3 is 5.73 Å². The number of nitrogens with two attached hydrogens (primary N) is 1. The SMILES string of the molecule is Nc1cc(-c2cccc(Br)c2)nn1-c1ccc(Br)cn1. The number of nitrogen functional groups attached to an aromatic ring is 1. The molecule has 20 heavy (non-hydrogen) atoms. The fraction of sp³-hybridized carbons (Fsp3) is 0. The third-order valence-electron chi connectivity index (χ3n) is 2.79. The quantitative estimate of drug-likeness (QED) is 0.714. The van der Waals surface area contributed by atoms with Crippen LogP contribution in [0.3, 0.4) is 0 Å². The Labute approximate surface area is 132 Å². The monoisotopic (exact) mass is 392 g/mol. The minimum absolute atomic E-state index is 0.551. The zero-order valence-electron chi connectivity index (χ0n) is 10.3. The second-order valence-corrected chi connectivity index (χ2v) is 6.04. The Bertz CT molecular complexity index is 750. The van der Waals surface area contributed by atoms with Gasteiger partial charge in [0.25, 0.3) is 0 Å². The van der Waals surface area contributed by atoms with Crippen LogP contribution in [0.5, 0.6) is 0 Å². The average molecular weight is 394 g/mol. The van der Waals surface area contributed by atoms with Crippen molar-refractivity contribution >= 4 is 37.7 Å². The minimum Gasteiger partial charge on any atom is -0.384 e. The number of halogens is 2. The highest BCUT2D eigenvalue weighted by molar-refractivity contribution is 9.10. The van der Waals surface area contributed by atoms with E-state index in [1.807, 2.05) is 42.5 Å². The van der Waals surface area contributed by atoms with Gasteiger partial charge in [0.15, 0.2) is 5.82 Å². The summed E-state index contributed by atoms with van der Waals surface area (Å²) < 4.78 is 3.55. The maximum Gasteiger partial charge on any atom is 0.155 e. The lowest BCUT2D eigenvalue weighted by atomic mass is 10.2. The fourth-order valence-corrected chi connectivity index (χ4v) is 2.50. The number of aromatic nitrogens is 3. The molecule has 3 aromatic rings. The van der Waals surface area contributed by atoms with E-state index in [2.05, 4.69) is 41.9 Å². The fourth-order valence-electron chi connectivity index (χ4n) is 1.86. The van der Waals surface area contributed by atoms with Crippen molar-refractivity contribution < 1.29 is 0 Å². The molecule has 2 N–H and O–H groups in total. The molecule has 0 saturated heterocycles. The van der Waals surface area contributed by atoms with Gasteiger partial charge in [-0.15, -0.1) is 0 Å². The lowest BCUT2D eigenvalue weighted by molar-refractivity contribution is 0.859. The van der Waals surface area contributed by atoms with Gasteiger partial charge in [0.1, 0.15) is 5.82 Å². The molecule has 0 aliphatic rings. The van der Waals surface area contributed by atoms with Crippen LogP contribution in [0, 0.1) is 0 Å². The molecule has 3 rings (SSSR count). The van der Waals surface area contributed by atoms with Gasteiger partial charge in [-0.05, 0) is 40.2 Å².